The van der Waals surface area contributed by atoms with Crippen LogP contribution in [0.2, 0.25) is 0 Å². The van der Waals surface area contributed by atoms with E-state index in [9.17, 15) is 30.0 Å². The summed E-state index contributed by atoms with van der Waals surface area (Å²) in [7, 11) is 2.59. The van der Waals surface area contributed by atoms with Gasteiger partial charge in [0, 0.05) is 7.11 Å². The fourth-order valence-corrected chi connectivity index (χ4v) is 4.97. The summed E-state index contributed by atoms with van der Waals surface area (Å²) in [5.41, 5.74) is -4.21. The third-order valence-corrected chi connectivity index (χ3v) is 7.41. The van der Waals surface area contributed by atoms with Gasteiger partial charge in [-0.2, -0.15) is 0 Å². The summed E-state index contributed by atoms with van der Waals surface area (Å²) in [6.07, 6.45) is -12.6. The van der Waals surface area contributed by atoms with Crippen molar-refractivity contribution in [2.75, 3.05) is 20.8 Å². The molecule has 2 aliphatic heterocycles. The molecule has 13 nitrogen and oxygen atoms in total. The molecule has 0 saturated carbocycles. The minimum atomic E-state index is -1.55. The van der Waals surface area contributed by atoms with Crippen LogP contribution in [-0.2, 0) is 42.7 Å². The van der Waals surface area contributed by atoms with Crippen LogP contribution in [0.4, 0.5) is 0 Å². The van der Waals surface area contributed by atoms with Crippen molar-refractivity contribution >= 4 is 12.3 Å². The Balaban J connectivity index is 2.20. The number of carbonyl (C=O) groups excluding carboxylic acids is 2. The van der Waals surface area contributed by atoms with E-state index < -0.39 is 89.4 Å². The summed E-state index contributed by atoms with van der Waals surface area (Å²) in [5, 5.41) is 43.6. The molecule has 4 N–H and O–H groups in total. The molecule has 2 rings (SSSR count). The SMILES string of the molecule is COC(=O)C1OC(C(C)(C)OC)C(O)C(O)[C@@H]1OC(C)(C)COC(C)(C)C1OC(C=O)[C@@H](OC(C)(C)C)C(O)C1O. The second kappa shape index (κ2) is 13.2. The van der Waals surface area contributed by atoms with Crippen LogP contribution in [0.1, 0.15) is 62.3 Å². The van der Waals surface area contributed by atoms with Crippen LogP contribution in [0.3, 0.4) is 0 Å². The first-order valence-electron chi connectivity index (χ1n) is 13.7. The monoisotopic (exact) mass is 594 g/mol. The Bertz CT molecular complexity index is 883. The summed E-state index contributed by atoms with van der Waals surface area (Å²) in [6, 6.07) is 0. The van der Waals surface area contributed by atoms with Crippen molar-refractivity contribution in [3.05, 3.63) is 0 Å². The molecule has 8 unspecified atom stereocenters. The highest BCUT2D eigenvalue weighted by atomic mass is 16.6. The van der Waals surface area contributed by atoms with Gasteiger partial charge in [0.25, 0.3) is 0 Å². The molecular formula is C28H50O13. The van der Waals surface area contributed by atoms with Gasteiger partial charge in [-0.3, -0.25) is 0 Å². The van der Waals surface area contributed by atoms with Crippen LogP contribution >= 0.6 is 0 Å². The van der Waals surface area contributed by atoms with Crippen LogP contribution in [0.5, 0.6) is 0 Å². The minimum absolute atomic E-state index is 0.156. The minimum Gasteiger partial charge on any atom is -0.467 e. The van der Waals surface area contributed by atoms with Gasteiger partial charge in [-0.1, -0.05) is 0 Å². The van der Waals surface area contributed by atoms with Crippen molar-refractivity contribution < 1.29 is 63.2 Å². The van der Waals surface area contributed by atoms with Crippen molar-refractivity contribution in [3.63, 3.8) is 0 Å². The van der Waals surface area contributed by atoms with Crippen molar-refractivity contribution in [1.29, 1.82) is 0 Å². The van der Waals surface area contributed by atoms with Gasteiger partial charge >= 0.3 is 5.97 Å². The van der Waals surface area contributed by atoms with E-state index in [1.54, 1.807) is 62.3 Å². The number of hydrogen-bond donors (Lipinski definition) is 4. The van der Waals surface area contributed by atoms with Gasteiger partial charge < -0.3 is 58.4 Å². The van der Waals surface area contributed by atoms with E-state index in [4.69, 9.17) is 33.2 Å². The number of ether oxygens (including phenoxy) is 7. The molecule has 0 aromatic rings. The van der Waals surface area contributed by atoms with Crippen LogP contribution in [0.15, 0.2) is 0 Å². The largest absolute Gasteiger partial charge is 0.467 e. The third-order valence-electron chi connectivity index (χ3n) is 7.41. The molecule has 0 aromatic heterocycles. The van der Waals surface area contributed by atoms with Crippen molar-refractivity contribution in [3.8, 4) is 0 Å². The molecule has 41 heavy (non-hydrogen) atoms. The zero-order valence-corrected chi connectivity index (χ0v) is 26.0. The van der Waals surface area contributed by atoms with Crippen LogP contribution in [0, 0.1) is 0 Å². The average Bonchev–Trinajstić information content (AvgIpc) is 2.87. The first-order valence-corrected chi connectivity index (χ1v) is 13.7. The Morgan fingerprint density at radius 3 is 1.73 bits per heavy atom. The molecule has 0 aromatic carbocycles. The van der Waals surface area contributed by atoms with Crippen molar-refractivity contribution in [2.45, 2.75) is 146 Å². The number of carbonyl (C=O) groups is 2. The van der Waals surface area contributed by atoms with E-state index >= 15 is 0 Å². The Morgan fingerprint density at radius 2 is 1.27 bits per heavy atom. The lowest BCUT2D eigenvalue weighted by molar-refractivity contribution is -0.299. The molecule has 2 aliphatic rings. The average molecular weight is 595 g/mol. The zero-order valence-electron chi connectivity index (χ0n) is 26.0. The van der Waals surface area contributed by atoms with E-state index in [-0.39, 0.29) is 6.61 Å². The van der Waals surface area contributed by atoms with E-state index in [0.29, 0.717) is 6.29 Å². The molecular weight excluding hydrogens is 544 g/mol. The number of rotatable bonds is 11. The van der Waals surface area contributed by atoms with Gasteiger partial charge in [0.1, 0.15) is 54.9 Å². The number of hydrogen-bond acceptors (Lipinski definition) is 13. The van der Waals surface area contributed by atoms with Gasteiger partial charge in [0.15, 0.2) is 12.4 Å². The maximum absolute atomic E-state index is 12.6. The predicted octanol–water partition coefficient (Wildman–Crippen LogP) is -0.0956. The van der Waals surface area contributed by atoms with E-state index in [2.05, 4.69) is 0 Å². The highest BCUT2D eigenvalue weighted by molar-refractivity contribution is 5.75. The second-order valence-electron chi connectivity index (χ2n) is 13.4. The number of aliphatic hydroxyl groups is 4. The van der Waals surface area contributed by atoms with Crippen molar-refractivity contribution in [1.82, 2.24) is 0 Å². The van der Waals surface area contributed by atoms with E-state index in [1.807, 2.05) is 0 Å². The predicted molar refractivity (Wildman–Crippen MR) is 144 cm³/mol. The Morgan fingerprint density at radius 1 is 0.756 bits per heavy atom. The number of esters is 1. The lowest BCUT2D eigenvalue weighted by atomic mass is 9.86. The second-order valence-corrected chi connectivity index (χ2v) is 13.4. The normalized spacial score (nSPS) is 35.7. The molecule has 0 amide bonds. The molecule has 2 saturated heterocycles. The fourth-order valence-electron chi connectivity index (χ4n) is 4.97. The molecule has 0 spiro atoms. The van der Waals surface area contributed by atoms with Crippen LogP contribution in [0.25, 0.3) is 0 Å². The van der Waals surface area contributed by atoms with Gasteiger partial charge in [0.2, 0.25) is 0 Å². The molecule has 2 fully saturated rings. The molecule has 0 aliphatic carbocycles. The highest BCUT2D eigenvalue weighted by Gasteiger charge is 2.55. The lowest BCUT2D eigenvalue weighted by Crippen LogP contribution is -2.67. The number of aliphatic hydroxyl groups excluding tert-OH is 4. The molecule has 2 heterocycles. The van der Waals surface area contributed by atoms with E-state index in [1.165, 1.54) is 14.2 Å². The maximum atomic E-state index is 12.6. The summed E-state index contributed by atoms with van der Waals surface area (Å²) in [5.74, 6) is -0.811. The first kappa shape index (κ1) is 35.9. The van der Waals surface area contributed by atoms with Gasteiger partial charge in [-0.25, -0.2) is 4.79 Å². The van der Waals surface area contributed by atoms with Crippen LogP contribution < -0.4 is 0 Å². The third kappa shape index (κ3) is 8.43. The van der Waals surface area contributed by atoms with E-state index in [0.717, 1.165) is 0 Å². The maximum Gasteiger partial charge on any atom is 0.337 e. The molecule has 13 heteroatoms. The Labute approximate surface area is 242 Å². The van der Waals surface area contributed by atoms with Gasteiger partial charge in [-0.05, 0) is 62.3 Å². The van der Waals surface area contributed by atoms with Gasteiger partial charge in [-0.15, -0.1) is 0 Å². The topological polar surface area (TPSA) is 180 Å². The Hall–Kier alpha value is -1.26. The fraction of sp³-hybridized carbons (Fsp3) is 0.929. The highest BCUT2D eigenvalue weighted by Crippen LogP contribution is 2.36. The smallest absolute Gasteiger partial charge is 0.337 e. The van der Waals surface area contributed by atoms with Crippen molar-refractivity contribution in [2.24, 2.45) is 0 Å². The summed E-state index contributed by atoms with van der Waals surface area (Å²) in [4.78, 5) is 24.5. The summed E-state index contributed by atoms with van der Waals surface area (Å²) >= 11 is 0. The van der Waals surface area contributed by atoms with Gasteiger partial charge in [0.05, 0.1) is 36.1 Å². The lowest BCUT2D eigenvalue weighted by Gasteiger charge is -2.49. The quantitative estimate of drug-likeness (QED) is 0.184. The number of aldehydes is 1. The zero-order chi connectivity index (χ0) is 31.7. The van der Waals surface area contributed by atoms with Crippen LogP contribution in [-0.4, -0.2) is 137 Å². The standard InChI is InChI=1S/C28H50O13/c1-25(2,3)40-19-14(12-29)38-23(17(32)15(19)30)28(8,9)37-13-26(4,5)41-20-16(31)18(33)22(27(6,7)36-11)39-21(20)24(34)35-10/h12,14-23,30-33H,13H2,1-11H3/t14?,15?,16?,17?,18?,19-,20+,21?,22?,23?/m1/s1. The molecule has 10 atom stereocenters. The number of methoxy groups -OCH3 is 2. The first-order chi connectivity index (χ1) is 18.6. The molecule has 0 bridgehead atoms. The summed E-state index contributed by atoms with van der Waals surface area (Å²) < 4.78 is 40.0. The Kier molecular flexibility index (Phi) is 11.5. The molecule has 0 radical (unpaired) electrons. The molecule has 240 valence electrons. The summed E-state index contributed by atoms with van der Waals surface area (Å²) in [6.45, 7) is 14.9.